The van der Waals surface area contributed by atoms with E-state index in [4.69, 9.17) is 22.5 Å². The average molecular weight is 270 g/mol. The molecule has 0 amide bonds. The van der Waals surface area contributed by atoms with Crippen LogP contribution < -0.4 is 10.6 Å². The van der Waals surface area contributed by atoms with Crippen LogP contribution in [0.1, 0.15) is 32.3 Å². The molecule has 0 unspecified atom stereocenters. The van der Waals surface area contributed by atoms with Gasteiger partial charge >= 0.3 is 0 Å². The van der Waals surface area contributed by atoms with E-state index in [0.29, 0.717) is 16.6 Å². The average Bonchev–Trinajstić information content (AvgIpc) is 2.39. The minimum absolute atomic E-state index is 0.0248. The molecule has 0 aliphatic carbocycles. The highest BCUT2D eigenvalue weighted by atomic mass is 35.5. The van der Waals surface area contributed by atoms with Crippen molar-refractivity contribution in [3.8, 4) is 0 Å². The van der Waals surface area contributed by atoms with Crippen molar-refractivity contribution in [3.05, 3.63) is 28.8 Å². The Labute approximate surface area is 113 Å². The highest BCUT2D eigenvalue weighted by Gasteiger charge is 2.13. The van der Waals surface area contributed by atoms with Crippen LogP contribution >= 0.6 is 11.6 Å². The number of benzene rings is 1. The second-order valence-electron chi connectivity index (χ2n) is 4.23. The van der Waals surface area contributed by atoms with Gasteiger partial charge in [-0.25, -0.2) is 0 Å². The van der Waals surface area contributed by atoms with Gasteiger partial charge in [0.2, 0.25) is 0 Å². The molecule has 5 heteroatoms. The largest absolute Gasteiger partial charge is 0.409 e. The molecule has 0 aliphatic heterocycles. The van der Waals surface area contributed by atoms with E-state index in [9.17, 15) is 0 Å². The predicted molar refractivity (Wildman–Crippen MR) is 76.7 cm³/mol. The molecule has 18 heavy (non-hydrogen) atoms. The Kier molecular flexibility index (Phi) is 5.28. The van der Waals surface area contributed by atoms with Crippen LogP contribution in [-0.4, -0.2) is 24.1 Å². The van der Waals surface area contributed by atoms with Gasteiger partial charge in [-0.3, -0.25) is 0 Å². The number of rotatable bonds is 5. The van der Waals surface area contributed by atoms with E-state index in [1.54, 1.807) is 6.07 Å². The van der Waals surface area contributed by atoms with Gasteiger partial charge in [0, 0.05) is 24.3 Å². The zero-order chi connectivity index (χ0) is 13.7. The maximum Gasteiger partial charge on any atom is 0.171 e. The molecule has 0 fully saturated rings. The first kappa shape index (κ1) is 14.6. The molecular weight excluding hydrogens is 250 g/mol. The van der Waals surface area contributed by atoms with Crippen LogP contribution in [0.25, 0.3) is 0 Å². The van der Waals surface area contributed by atoms with E-state index in [-0.39, 0.29) is 5.84 Å². The van der Waals surface area contributed by atoms with Crippen molar-refractivity contribution >= 4 is 23.1 Å². The number of halogens is 1. The van der Waals surface area contributed by atoms with Gasteiger partial charge in [0.05, 0.1) is 5.02 Å². The smallest absolute Gasteiger partial charge is 0.171 e. The Morgan fingerprint density at radius 1 is 1.44 bits per heavy atom. The molecule has 0 atom stereocenters. The van der Waals surface area contributed by atoms with E-state index in [1.807, 2.05) is 19.2 Å². The predicted octanol–water partition coefficient (Wildman–Crippen LogP) is 3.06. The van der Waals surface area contributed by atoms with E-state index < -0.39 is 0 Å². The number of nitrogens with zero attached hydrogens (tertiary/aromatic N) is 2. The Morgan fingerprint density at radius 2 is 2.06 bits per heavy atom. The van der Waals surface area contributed by atoms with Crippen LogP contribution in [0, 0.1) is 0 Å². The molecular formula is C13H20ClN3O. The molecule has 1 aromatic carbocycles. The molecule has 0 heterocycles. The third kappa shape index (κ3) is 3.07. The van der Waals surface area contributed by atoms with Crippen molar-refractivity contribution in [3.63, 3.8) is 0 Å². The summed E-state index contributed by atoms with van der Waals surface area (Å²) in [6.45, 7) is 4.33. The third-order valence-electron chi connectivity index (χ3n) is 3.23. The van der Waals surface area contributed by atoms with Gasteiger partial charge < -0.3 is 15.8 Å². The van der Waals surface area contributed by atoms with Crippen molar-refractivity contribution in [2.45, 2.75) is 32.7 Å². The zero-order valence-corrected chi connectivity index (χ0v) is 11.8. The van der Waals surface area contributed by atoms with E-state index in [2.05, 4.69) is 23.9 Å². The molecule has 0 spiro atoms. The summed E-state index contributed by atoms with van der Waals surface area (Å²) in [6.07, 6.45) is 2.15. The second kappa shape index (κ2) is 6.50. The summed E-state index contributed by atoms with van der Waals surface area (Å²) >= 11 is 6.14. The lowest BCUT2D eigenvalue weighted by molar-refractivity contribution is 0.318. The standard InChI is InChI=1S/C13H20ClN3O/c1-4-9(5-2)17(3)10-6-7-11(12(14)8-10)13(15)16-18/h6-9,18H,4-5H2,1-3H3,(H2,15,16). The second-order valence-corrected chi connectivity index (χ2v) is 4.64. The minimum atomic E-state index is 0.0248. The van der Waals surface area contributed by atoms with E-state index >= 15 is 0 Å². The van der Waals surface area contributed by atoms with Crippen LogP contribution in [0.4, 0.5) is 5.69 Å². The van der Waals surface area contributed by atoms with Crippen LogP contribution in [0.3, 0.4) is 0 Å². The topological polar surface area (TPSA) is 61.8 Å². The fraction of sp³-hybridized carbons (Fsp3) is 0.462. The maximum absolute atomic E-state index is 8.65. The number of oxime groups is 1. The molecule has 3 N–H and O–H groups in total. The molecule has 0 bridgehead atoms. The number of anilines is 1. The van der Waals surface area contributed by atoms with Crippen molar-refractivity contribution in [2.75, 3.05) is 11.9 Å². The highest BCUT2D eigenvalue weighted by Crippen LogP contribution is 2.25. The first-order valence-electron chi connectivity index (χ1n) is 6.05. The normalized spacial score (nSPS) is 11.9. The summed E-state index contributed by atoms with van der Waals surface area (Å²) in [5.41, 5.74) is 7.11. The van der Waals surface area contributed by atoms with Gasteiger partial charge in [-0.1, -0.05) is 30.6 Å². The Hall–Kier alpha value is -1.42. The number of nitrogens with two attached hydrogens (primary N) is 1. The Bertz CT molecular complexity index is 430. The van der Waals surface area contributed by atoms with E-state index in [1.165, 1.54) is 0 Å². The first-order chi connectivity index (χ1) is 8.54. The number of hydrogen-bond acceptors (Lipinski definition) is 3. The van der Waals surface area contributed by atoms with Gasteiger partial charge in [-0.15, -0.1) is 0 Å². The fourth-order valence-electron chi connectivity index (χ4n) is 2.03. The summed E-state index contributed by atoms with van der Waals surface area (Å²) in [6, 6.07) is 6.02. The quantitative estimate of drug-likeness (QED) is 0.374. The fourth-order valence-corrected chi connectivity index (χ4v) is 2.30. The summed E-state index contributed by atoms with van der Waals surface area (Å²) in [7, 11) is 2.05. The van der Waals surface area contributed by atoms with Crippen LogP contribution in [0.15, 0.2) is 23.4 Å². The molecule has 0 aromatic heterocycles. The SMILES string of the molecule is CCC(CC)N(C)c1ccc(C(N)=NO)c(Cl)c1. The van der Waals surface area contributed by atoms with Gasteiger partial charge in [0.15, 0.2) is 5.84 Å². The van der Waals surface area contributed by atoms with Gasteiger partial charge in [-0.2, -0.15) is 0 Å². The van der Waals surface area contributed by atoms with Crippen LogP contribution in [0.2, 0.25) is 5.02 Å². The lowest BCUT2D eigenvalue weighted by atomic mass is 10.1. The molecule has 0 aliphatic rings. The molecule has 0 saturated heterocycles. The van der Waals surface area contributed by atoms with Crippen molar-refractivity contribution in [1.82, 2.24) is 0 Å². The van der Waals surface area contributed by atoms with Gasteiger partial charge in [0.1, 0.15) is 0 Å². The first-order valence-corrected chi connectivity index (χ1v) is 6.43. The van der Waals surface area contributed by atoms with Crippen LogP contribution in [0.5, 0.6) is 0 Å². The highest BCUT2D eigenvalue weighted by molar-refractivity contribution is 6.34. The monoisotopic (exact) mass is 269 g/mol. The van der Waals surface area contributed by atoms with Crippen LogP contribution in [-0.2, 0) is 0 Å². The Balaban J connectivity index is 3.04. The van der Waals surface area contributed by atoms with Crippen molar-refractivity contribution < 1.29 is 5.21 Å². The van der Waals surface area contributed by atoms with E-state index in [0.717, 1.165) is 18.5 Å². The summed E-state index contributed by atoms with van der Waals surface area (Å²) in [5.74, 6) is 0.0248. The molecule has 0 radical (unpaired) electrons. The molecule has 1 aromatic rings. The minimum Gasteiger partial charge on any atom is -0.409 e. The molecule has 100 valence electrons. The summed E-state index contributed by atoms with van der Waals surface area (Å²) < 4.78 is 0. The summed E-state index contributed by atoms with van der Waals surface area (Å²) in [5, 5.41) is 12.1. The van der Waals surface area contributed by atoms with Crippen molar-refractivity contribution in [2.24, 2.45) is 10.9 Å². The zero-order valence-electron chi connectivity index (χ0n) is 11.0. The van der Waals surface area contributed by atoms with Gasteiger partial charge in [0.25, 0.3) is 0 Å². The Morgan fingerprint density at radius 3 is 2.50 bits per heavy atom. The number of amidine groups is 1. The summed E-state index contributed by atoms with van der Waals surface area (Å²) in [4.78, 5) is 2.20. The third-order valence-corrected chi connectivity index (χ3v) is 3.55. The molecule has 4 nitrogen and oxygen atoms in total. The maximum atomic E-state index is 8.65. The lowest BCUT2D eigenvalue weighted by Gasteiger charge is -2.28. The molecule has 0 saturated carbocycles. The molecule has 1 rings (SSSR count). The van der Waals surface area contributed by atoms with Gasteiger partial charge in [-0.05, 0) is 31.0 Å². The van der Waals surface area contributed by atoms with Crippen molar-refractivity contribution in [1.29, 1.82) is 0 Å². The number of hydrogen-bond donors (Lipinski definition) is 2. The lowest BCUT2D eigenvalue weighted by Crippen LogP contribution is -2.30.